The van der Waals surface area contributed by atoms with Gasteiger partial charge in [0.15, 0.2) is 5.79 Å². The van der Waals surface area contributed by atoms with E-state index in [1.165, 1.54) is 0 Å². The first-order valence-electron chi connectivity index (χ1n) is 10.5. The molecule has 2 fully saturated rings. The largest absolute Gasteiger partial charge is 0.497 e. The van der Waals surface area contributed by atoms with Gasteiger partial charge in [-0.3, -0.25) is 4.79 Å². The monoisotopic (exact) mass is 419 g/mol. The predicted octanol–water partition coefficient (Wildman–Crippen LogP) is 3.53. The van der Waals surface area contributed by atoms with Crippen LogP contribution in [0.5, 0.6) is 5.75 Å². The van der Waals surface area contributed by atoms with E-state index in [4.69, 9.17) is 19.3 Å². The third kappa shape index (κ3) is 3.82. The molecule has 1 aromatic heterocycles. The number of methoxy groups -OCH3 is 1. The molecule has 0 aliphatic carbocycles. The third-order valence-corrected chi connectivity index (χ3v) is 5.94. The van der Waals surface area contributed by atoms with Crippen LogP contribution in [0.15, 0.2) is 60.7 Å². The van der Waals surface area contributed by atoms with Gasteiger partial charge in [0, 0.05) is 31.5 Å². The maximum Gasteiger partial charge on any atom is 0.272 e. The van der Waals surface area contributed by atoms with Crippen LogP contribution in [0.1, 0.15) is 23.3 Å². The molecule has 5 rings (SSSR count). The number of nitrogens with zero attached hydrogens (tertiary/aromatic N) is 3. The zero-order chi connectivity index (χ0) is 21.3. The predicted molar refractivity (Wildman–Crippen MR) is 115 cm³/mol. The van der Waals surface area contributed by atoms with Crippen molar-refractivity contribution < 1.29 is 19.0 Å². The van der Waals surface area contributed by atoms with Crippen LogP contribution in [0, 0.1) is 0 Å². The molecule has 7 heteroatoms. The van der Waals surface area contributed by atoms with Gasteiger partial charge < -0.3 is 19.1 Å². The second-order valence-electron chi connectivity index (χ2n) is 7.79. The molecule has 2 aliphatic rings. The van der Waals surface area contributed by atoms with Crippen LogP contribution in [-0.4, -0.2) is 59.8 Å². The van der Waals surface area contributed by atoms with Crippen molar-refractivity contribution in [2.75, 3.05) is 33.4 Å². The van der Waals surface area contributed by atoms with E-state index in [0.29, 0.717) is 44.8 Å². The highest BCUT2D eigenvalue weighted by Gasteiger charge is 2.41. The van der Waals surface area contributed by atoms with E-state index in [1.807, 2.05) is 65.6 Å². The molecule has 160 valence electrons. The van der Waals surface area contributed by atoms with E-state index in [9.17, 15) is 4.79 Å². The minimum absolute atomic E-state index is 0.0432. The Morgan fingerprint density at radius 2 is 1.68 bits per heavy atom. The summed E-state index contributed by atoms with van der Waals surface area (Å²) in [5, 5.41) is 4.77. The van der Waals surface area contributed by atoms with E-state index in [1.54, 1.807) is 11.8 Å². The van der Waals surface area contributed by atoms with Gasteiger partial charge in [0.1, 0.15) is 11.4 Å². The number of piperidine rings is 1. The van der Waals surface area contributed by atoms with Crippen LogP contribution in [0.3, 0.4) is 0 Å². The highest BCUT2D eigenvalue weighted by atomic mass is 16.7. The van der Waals surface area contributed by atoms with Crippen LogP contribution in [0.4, 0.5) is 0 Å². The van der Waals surface area contributed by atoms with E-state index in [-0.39, 0.29) is 5.91 Å². The van der Waals surface area contributed by atoms with Gasteiger partial charge in [-0.2, -0.15) is 5.10 Å². The topological polar surface area (TPSA) is 65.8 Å². The molecule has 0 atom stereocenters. The van der Waals surface area contributed by atoms with Crippen molar-refractivity contribution in [2.24, 2.45) is 0 Å². The van der Waals surface area contributed by atoms with Gasteiger partial charge in [-0.15, -0.1) is 0 Å². The zero-order valence-corrected chi connectivity index (χ0v) is 17.5. The number of hydrogen-bond donors (Lipinski definition) is 0. The summed E-state index contributed by atoms with van der Waals surface area (Å²) < 4.78 is 18.6. The zero-order valence-electron chi connectivity index (χ0n) is 17.5. The smallest absolute Gasteiger partial charge is 0.272 e. The van der Waals surface area contributed by atoms with Crippen LogP contribution in [0.2, 0.25) is 0 Å². The third-order valence-electron chi connectivity index (χ3n) is 5.94. The first kappa shape index (κ1) is 19.8. The van der Waals surface area contributed by atoms with Gasteiger partial charge in [0.2, 0.25) is 0 Å². The molecule has 2 aliphatic heterocycles. The van der Waals surface area contributed by atoms with Crippen molar-refractivity contribution in [1.82, 2.24) is 14.7 Å². The quantitative estimate of drug-likeness (QED) is 0.647. The first-order chi connectivity index (χ1) is 15.2. The lowest BCUT2D eigenvalue weighted by molar-refractivity contribution is -0.181. The molecule has 0 bridgehead atoms. The number of likely N-dealkylation sites (tertiary alicyclic amines) is 1. The van der Waals surface area contributed by atoms with E-state index < -0.39 is 5.79 Å². The number of ether oxygens (including phenoxy) is 3. The second kappa shape index (κ2) is 8.17. The van der Waals surface area contributed by atoms with Crippen molar-refractivity contribution in [3.05, 3.63) is 66.4 Å². The number of amides is 1. The SMILES string of the molecule is COc1ccc(-n2nc(-c3ccccc3)cc2C(=O)N2CCC3(CC2)OCCO3)cc1. The Hall–Kier alpha value is -3.16. The minimum Gasteiger partial charge on any atom is -0.497 e. The molecular weight excluding hydrogens is 394 g/mol. The lowest BCUT2D eigenvalue weighted by atomic mass is 10.0. The Kier molecular flexibility index (Phi) is 5.21. The van der Waals surface area contributed by atoms with E-state index in [2.05, 4.69) is 0 Å². The summed E-state index contributed by atoms with van der Waals surface area (Å²) in [4.78, 5) is 15.4. The minimum atomic E-state index is -0.512. The summed E-state index contributed by atoms with van der Waals surface area (Å²) >= 11 is 0. The standard InChI is InChI=1S/C24H25N3O4/c1-29-20-9-7-19(8-10-20)27-22(17-21(25-27)18-5-3-2-4-6-18)23(28)26-13-11-24(12-14-26)30-15-16-31-24/h2-10,17H,11-16H2,1H3. The number of hydrogen-bond acceptors (Lipinski definition) is 5. The van der Waals surface area contributed by atoms with Crippen LogP contribution in [-0.2, 0) is 9.47 Å². The van der Waals surface area contributed by atoms with E-state index >= 15 is 0 Å². The van der Waals surface area contributed by atoms with Crippen molar-refractivity contribution in [3.63, 3.8) is 0 Å². The molecule has 0 unspecified atom stereocenters. The molecule has 0 saturated carbocycles. The van der Waals surface area contributed by atoms with Crippen LogP contribution in [0.25, 0.3) is 16.9 Å². The highest BCUT2D eigenvalue weighted by Crippen LogP contribution is 2.32. The molecule has 2 aromatic carbocycles. The average molecular weight is 419 g/mol. The Bertz CT molecular complexity index is 1050. The summed E-state index contributed by atoms with van der Waals surface area (Å²) in [6, 6.07) is 19.3. The summed E-state index contributed by atoms with van der Waals surface area (Å²) in [5.74, 6) is 0.200. The summed E-state index contributed by atoms with van der Waals surface area (Å²) in [6.45, 7) is 2.43. The molecule has 2 saturated heterocycles. The van der Waals surface area contributed by atoms with Crippen molar-refractivity contribution >= 4 is 5.91 Å². The lowest BCUT2D eigenvalue weighted by Gasteiger charge is -2.37. The van der Waals surface area contributed by atoms with Gasteiger partial charge in [0.05, 0.1) is 31.7 Å². The molecule has 0 N–H and O–H groups in total. The lowest BCUT2D eigenvalue weighted by Crippen LogP contribution is -2.47. The molecule has 7 nitrogen and oxygen atoms in total. The maximum atomic E-state index is 13.5. The molecular formula is C24H25N3O4. The molecule has 1 amide bonds. The van der Waals surface area contributed by atoms with Crippen molar-refractivity contribution in [1.29, 1.82) is 0 Å². The average Bonchev–Trinajstić information content (AvgIpc) is 3.48. The molecule has 0 radical (unpaired) electrons. The number of benzene rings is 2. The van der Waals surface area contributed by atoms with Gasteiger partial charge in [-0.05, 0) is 30.3 Å². The summed E-state index contributed by atoms with van der Waals surface area (Å²) in [7, 11) is 1.63. The fraction of sp³-hybridized carbons (Fsp3) is 0.333. The Labute approximate surface area is 181 Å². The van der Waals surface area contributed by atoms with Crippen molar-refractivity contribution in [2.45, 2.75) is 18.6 Å². The Morgan fingerprint density at radius 1 is 1.00 bits per heavy atom. The molecule has 1 spiro atoms. The Balaban J connectivity index is 1.47. The first-order valence-corrected chi connectivity index (χ1v) is 10.5. The van der Waals surface area contributed by atoms with Crippen molar-refractivity contribution in [3.8, 4) is 22.7 Å². The number of aromatic nitrogens is 2. The van der Waals surface area contributed by atoms with Gasteiger partial charge in [-0.25, -0.2) is 4.68 Å². The van der Waals surface area contributed by atoms with Gasteiger partial charge in [-0.1, -0.05) is 30.3 Å². The molecule has 3 aromatic rings. The normalized spacial score (nSPS) is 17.8. The van der Waals surface area contributed by atoms with Crippen LogP contribution >= 0.6 is 0 Å². The number of rotatable bonds is 4. The summed E-state index contributed by atoms with van der Waals surface area (Å²) in [5.41, 5.74) is 3.07. The molecule has 31 heavy (non-hydrogen) atoms. The fourth-order valence-electron chi connectivity index (χ4n) is 4.20. The van der Waals surface area contributed by atoms with E-state index in [0.717, 1.165) is 22.7 Å². The fourth-order valence-corrected chi connectivity index (χ4v) is 4.20. The number of carbonyl (C=O) groups excluding carboxylic acids is 1. The summed E-state index contributed by atoms with van der Waals surface area (Å²) in [6.07, 6.45) is 1.36. The van der Waals surface area contributed by atoms with Gasteiger partial charge >= 0.3 is 0 Å². The maximum absolute atomic E-state index is 13.5. The highest BCUT2D eigenvalue weighted by molar-refractivity contribution is 5.94. The Morgan fingerprint density at radius 3 is 2.32 bits per heavy atom. The second-order valence-corrected chi connectivity index (χ2v) is 7.79. The van der Waals surface area contributed by atoms with Crippen LogP contribution < -0.4 is 4.74 Å². The van der Waals surface area contributed by atoms with Gasteiger partial charge in [0.25, 0.3) is 5.91 Å². The molecule has 3 heterocycles. The number of carbonyl (C=O) groups is 1.